The quantitative estimate of drug-likeness (QED) is 0.802. The molecular weight excluding hydrogens is 188 g/mol. The summed E-state index contributed by atoms with van der Waals surface area (Å²) in [5.74, 6) is 1.56. The third-order valence-electron chi connectivity index (χ3n) is 3.14. The minimum absolute atomic E-state index is 0.598. The molecule has 1 saturated heterocycles. The summed E-state index contributed by atoms with van der Waals surface area (Å²) in [7, 11) is 1.72. The Kier molecular flexibility index (Phi) is 3.21. The van der Waals surface area contributed by atoms with Gasteiger partial charge in [0.15, 0.2) is 0 Å². The molecule has 0 atom stereocenters. The molecule has 0 spiro atoms. The highest BCUT2D eigenvalue weighted by atomic mass is 16.5. The van der Waals surface area contributed by atoms with Gasteiger partial charge in [0.2, 0.25) is 0 Å². The summed E-state index contributed by atoms with van der Waals surface area (Å²) < 4.78 is 5.32. The predicted molar refractivity (Wildman–Crippen MR) is 60.4 cm³/mol. The number of hydrogen-bond donors (Lipinski definition) is 1. The van der Waals surface area contributed by atoms with Crippen molar-refractivity contribution in [3.63, 3.8) is 0 Å². The number of ether oxygens (including phenoxy) is 1. The number of hydrogen-bond acceptors (Lipinski definition) is 3. The minimum atomic E-state index is 0.598. The highest BCUT2D eigenvalue weighted by Gasteiger charge is 2.19. The van der Waals surface area contributed by atoms with Crippen molar-refractivity contribution in [3.8, 4) is 5.75 Å². The van der Waals surface area contributed by atoms with Crippen LogP contribution in [0.3, 0.4) is 0 Å². The van der Waals surface area contributed by atoms with E-state index < -0.39 is 0 Å². The summed E-state index contributed by atoms with van der Waals surface area (Å²) in [5, 5.41) is 3.37. The third-order valence-corrected chi connectivity index (χ3v) is 3.14. The van der Waals surface area contributed by atoms with Gasteiger partial charge in [-0.2, -0.15) is 0 Å². The first kappa shape index (κ1) is 10.4. The molecule has 0 radical (unpaired) electrons. The molecule has 1 N–H and O–H groups in total. The molecule has 0 amide bonds. The standard InChI is InChI=1S/C12H18N2O/c1-9-11(15-2)5-8-14-12(9)10-3-6-13-7-4-10/h5,8,10,13H,3-4,6-7H2,1-2H3. The second-order valence-electron chi connectivity index (χ2n) is 4.05. The Hall–Kier alpha value is -1.09. The van der Waals surface area contributed by atoms with E-state index in [-0.39, 0.29) is 0 Å². The smallest absolute Gasteiger partial charge is 0.125 e. The van der Waals surface area contributed by atoms with E-state index in [0.717, 1.165) is 18.8 Å². The molecule has 0 bridgehead atoms. The fraction of sp³-hybridized carbons (Fsp3) is 0.583. The van der Waals surface area contributed by atoms with Crippen LogP contribution in [0.15, 0.2) is 12.3 Å². The molecule has 1 aliphatic rings. The Labute approximate surface area is 90.9 Å². The van der Waals surface area contributed by atoms with Crippen molar-refractivity contribution in [2.75, 3.05) is 20.2 Å². The van der Waals surface area contributed by atoms with Crippen LogP contribution in [0.1, 0.15) is 30.0 Å². The van der Waals surface area contributed by atoms with E-state index in [1.54, 1.807) is 7.11 Å². The number of pyridine rings is 1. The lowest BCUT2D eigenvalue weighted by Crippen LogP contribution is -2.27. The number of rotatable bonds is 2. The molecule has 1 aromatic rings. The van der Waals surface area contributed by atoms with Crippen molar-refractivity contribution >= 4 is 0 Å². The molecule has 2 heterocycles. The SMILES string of the molecule is COc1ccnc(C2CCNCC2)c1C. The minimum Gasteiger partial charge on any atom is -0.496 e. The van der Waals surface area contributed by atoms with Crippen LogP contribution >= 0.6 is 0 Å². The molecule has 3 nitrogen and oxygen atoms in total. The molecule has 0 aromatic carbocycles. The van der Waals surface area contributed by atoms with Gasteiger partial charge in [0.05, 0.1) is 12.8 Å². The first-order valence-corrected chi connectivity index (χ1v) is 5.53. The Bertz CT molecular complexity index is 332. The number of methoxy groups -OCH3 is 1. The average molecular weight is 206 g/mol. The van der Waals surface area contributed by atoms with E-state index in [1.807, 2.05) is 12.3 Å². The second kappa shape index (κ2) is 4.62. The zero-order valence-corrected chi connectivity index (χ0v) is 9.42. The van der Waals surface area contributed by atoms with Gasteiger partial charge in [0.25, 0.3) is 0 Å². The van der Waals surface area contributed by atoms with Gasteiger partial charge in [-0.3, -0.25) is 4.98 Å². The zero-order valence-electron chi connectivity index (χ0n) is 9.42. The van der Waals surface area contributed by atoms with Gasteiger partial charge < -0.3 is 10.1 Å². The lowest BCUT2D eigenvalue weighted by molar-refractivity contribution is 0.405. The van der Waals surface area contributed by atoms with Gasteiger partial charge in [0, 0.05) is 17.7 Å². The molecule has 82 valence electrons. The van der Waals surface area contributed by atoms with E-state index in [9.17, 15) is 0 Å². The number of piperidine rings is 1. The van der Waals surface area contributed by atoms with Crippen LogP contribution in [0.2, 0.25) is 0 Å². The largest absolute Gasteiger partial charge is 0.496 e. The van der Waals surface area contributed by atoms with Crippen molar-refractivity contribution in [3.05, 3.63) is 23.5 Å². The van der Waals surface area contributed by atoms with Crippen LogP contribution in [-0.2, 0) is 0 Å². The zero-order chi connectivity index (χ0) is 10.7. The van der Waals surface area contributed by atoms with Gasteiger partial charge >= 0.3 is 0 Å². The van der Waals surface area contributed by atoms with Gasteiger partial charge in [-0.15, -0.1) is 0 Å². The van der Waals surface area contributed by atoms with Crippen LogP contribution in [0.4, 0.5) is 0 Å². The van der Waals surface area contributed by atoms with Gasteiger partial charge in [-0.05, 0) is 38.9 Å². The van der Waals surface area contributed by atoms with Gasteiger partial charge in [0.1, 0.15) is 5.75 Å². The van der Waals surface area contributed by atoms with E-state index in [0.29, 0.717) is 5.92 Å². The highest BCUT2D eigenvalue weighted by Crippen LogP contribution is 2.30. The molecular formula is C12H18N2O. The lowest BCUT2D eigenvalue weighted by Gasteiger charge is -2.23. The van der Waals surface area contributed by atoms with E-state index in [2.05, 4.69) is 17.2 Å². The summed E-state index contributed by atoms with van der Waals surface area (Å²) >= 11 is 0. The maximum absolute atomic E-state index is 5.32. The summed E-state index contributed by atoms with van der Waals surface area (Å²) in [6, 6.07) is 1.93. The number of nitrogens with zero attached hydrogens (tertiary/aromatic N) is 1. The van der Waals surface area contributed by atoms with Crippen molar-refractivity contribution < 1.29 is 4.74 Å². The number of nitrogens with one attached hydrogen (secondary N) is 1. The Morgan fingerprint density at radius 1 is 1.40 bits per heavy atom. The van der Waals surface area contributed by atoms with Gasteiger partial charge in [-0.1, -0.05) is 0 Å². The summed E-state index contributed by atoms with van der Waals surface area (Å²) in [6.07, 6.45) is 4.21. The lowest BCUT2D eigenvalue weighted by atomic mass is 9.91. The Morgan fingerprint density at radius 2 is 2.13 bits per heavy atom. The fourth-order valence-corrected chi connectivity index (χ4v) is 2.26. The van der Waals surface area contributed by atoms with Gasteiger partial charge in [-0.25, -0.2) is 0 Å². The summed E-state index contributed by atoms with van der Waals surface area (Å²) in [6.45, 7) is 4.30. The molecule has 15 heavy (non-hydrogen) atoms. The van der Waals surface area contributed by atoms with Crippen LogP contribution in [0.25, 0.3) is 0 Å². The molecule has 3 heteroatoms. The van der Waals surface area contributed by atoms with Crippen molar-refractivity contribution in [1.29, 1.82) is 0 Å². The van der Waals surface area contributed by atoms with E-state index >= 15 is 0 Å². The number of aromatic nitrogens is 1. The van der Waals surface area contributed by atoms with Crippen LogP contribution in [0, 0.1) is 6.92 Å². The monoisotopic (exact) mass is 206 g/mol. The molecule has 1 aliphatic heterocycles. The maximum Gasteiger partial charge on any atom is 0.125 e. The first-order chi connectivity index (χ1) is 7.33. The highest BCUT2D eigenvalue weighted by molar-refractivity contribution is 5.36. The third kappa shape index (κ3) is 2.12. The predicted octanol–water partition coefficient (Wildman–Crippen LogP) is 1.87. The van der Waals surface area contributed by atoms with Crippen LogP contribution < -0.4 is 10.1 Å². The maximum atomic E-state index is 5.32. The summed E-state index contributed by atoms with van der Waals surface area (Å²) in [5.41, 5.74) is 2.42. The molecule has 1 fully saturated rings. The first-order valence-electron chi connectivity index (χ1n) is 5.53. The van der Waals surface area contributed by atoms with Crippen LogP contribution in [0.5, 0.6) is 5.75 Å². The fourth-order valence-electron chi connectivity index (χ4n) is 2.26. The van der Waals surface area contributed by atoms with Crippen molar-refractivity contribution in [2.24, 2.45) is 0 Å². The van der Waals surface area contributed by atoms with Crippen molar-refractivity contribution in [1.82, 2.24) is 10.3 Å². The van der Waals surface area contributed by atoms with E-state index in [4.69, 9.17) is 4.74 Å². The molecule has 1 aromatic heterocycles. The topological polar surface area (TPSA) is 34.1 Å². The average Bonchev–Trinajstić information content (AvgIpc) is 2.30. The molecule has 0 unspecified atom stereocenters. The Balaban J connectivity index is 2.26. The molecule has 2 rings (SSSR count). The molecule has 0 saturated carbocycles. The van der Waals surface area contributed by atoms with Crippen molar-refractivity contribution in [2.45, 2.75) is 25.7 Å². The molecule has 0 aliphatic carbocycles. The van der Waals surface area contributed by atoms with E-state index in [1.165, 1.54) is 24.1 Å². The second-order valence-corrected chi connectivity index (χ2v) is 4.05. The van der Waals surface area contributed by atoms with Crippen LogP contribution in [-0.4, -0.2) is 25.2 Å². The Morgan fingerprint density at radius 3 is 2.80 bits per heavy atom. The summed E-state index contributed by atoms with van der Waals surface area (Å²) in [4.78, 5) is 4.50. The normalized spacial score (nSPS) is 17.7.